The van der Waals surface area contributed by atoms with E-state index in [2.05, 4.69) is 36.5 Å². The Morgan fingerprint density at radius 2 is 1.68 bits per heavy atom. The van der Waals surface area contributed by atoms with Crippen molar-refractivity contribution >= 4 is 0 Å². The van der Waals surface area contributed by atoms with Crippen LogP contribution in [0, 0.1) is 5.92 Å². The molecular weight excluding hydrogens is 438 g/mol. The van der Waals surface area contributed by atoms with Gasteiger partial charge in [0.2, 0.25) is 12.1 Å². The van der Waals surface area contributed by atoms with Gasteiger partial charge in [0.25, 0.3) is 0 Å². The zero-order valence-corrected chi connectivity index (χ0v) is 20.7. The Bertz CT molecular complexity index is 822. The molecule has 2 saturated heterocycles. The molecule has 0 aromatic heterocycles. The number of hydrogen-bond acceptors (Lipinski definition) is 8. The van der Waals surface area contributed by atoms with Crippen molar-refractivity contribution in [1.29, 1.82) is 0 Å². The third-order valence-corrected chi connectivity index (χ3v) is 8.12. The van der Waals surface area contributed by atoms with Gasteiger partial charge in [-0.2, -0.15) is 0 Å². The summed E-state index contributed by atoms with van der Waals surface area (Å²) in [6, 6.07) is 7.85. The van der Waals surface area contributed by atoms with Crippen molar-refractivity contribution in [1.82, 2.24) is 5.32 Å². The number of ether oxygens (including phenoxy) is 3. The first-order chi connectivity index (χ1) is 16.2. The predicted molar refractivity (Wildman–Crippen MR) is 126 cm³/mol. The number of fused-ring (bicyclic) bond motifs is 2. The van der Waals surface area contributed by atoms with Gasteiger partial charge >= 0.3 is 0 Å². The summed E-state index contributed by atoms with van der Waals surface area (Å²) in [6.07, 6.45) is -1.74. The summed E-state index contributed by atoms with van der Waals surface area (Å²) >= 11 is 0. The van der Waals surface area contributed by atoms with Crippen molar-refractivity contribution in [2.45, 2.75) is 114 Å². The van der Waals surface area contributed by atoms with Crippen molar-refractivity contribution < 1.29 is 34.6 Å². The highest BCUT2D eigenvalue weighted by molar-refractivity contribution is 5.22. The minimum absolute atomic E-state index is 0.183. The average Bonchev–Trinajstić information content (AvgIpc) is 2.80. The van der Waals surface area contributed by atoms with Crippen LogP contribution < -0.4 is 5.32 Å². The minimum atomic E-state index is -2.12. The Morgan fingerprint density at radius 3 is 2.29 bits per heavy atom. The number of aliphatic hydroxyl groups is 4. The molecule has 0 spiro atoms. The fraction of sp³-hybridized carbons (Fsp3) is 0.769. The normalized spacial score (nSPS) is 44.4. The Balaban J connectivity index is 1.54. The predicted octanol–water partition coefficient (Wildman–Crippen LogP) is 1.26. The molecule has 8 nitrogen and oxygen atoms in total. The lowest BCUT2D eigenvalue weighted by Crippen LogP contribution is -2.78. The molecule has 0 radical (unpaired) electrons. The van der Waals surface area contributed by atoms with E-state index < -0.39 is 54.1 Å². The maximum Gasteiger partial charge on any atom is 0.248 e. The van der Waals surface area contributed by atoms with Gasteiger partial charge in [-0.15, -0.1) is 0 Å². The monoisotopic (exact) mass is 479 g/mol. The molecule has 34 heavy (non-hydrogen) atoms. The summed E-state index contributed by atoms with van der Waals surface area (Å²) in [5.41, 5.74) is 0.838. The Kier molecular flexibility index (Phi) is 7.72. The van der Waals surface area contributed by atoms with Gasteiger partial charge in [-0.25, -0.2) is 0 Å². The lowest BCUT2D eigenvalue weighted by Gasteiger charge is -2.60. The summed E-state index contributed by atoms with van der Waals surface area (Å²) in [5, 5.41) is 48.3. The number of aliphatic hydroxyl groups excluding tert-OH is 2. The van der Waals surface area contributed by atoms with E-state index in [0.717, 1.165) is 12.8 Å². The van der Waals surface area contributed by atoms with E-state index in [1.54, 1.807) is 7.05 Å². The summed E-state index contributed by atoms with van der Waals surface area (Å²) < 4.78 is 18.2. The number of hydrogen-bond donors (Lipinski definition) is 5. The van der Waals surface area contributed by atoms with Crippen LogP contribution in [0.3, 0.4) is 0 Å². The first-order valence-electron chi connectivity index (χ1n) is 12.7. The first-order valence-corrected chi connectivity index (χ1v) is 12.7. The molecule has 2 aliphatic heterocycles. The van der Waals surface area contributed by atoms with Crippen LogP contribution in [0.4, 0.5) is 0 Å². The molecule has 5 N–H and O–H groups in total. The average molecular weight is 480 g/mol. The second-order valence-corrected chi connectivity index (χ2v) is 10.3. The van der Waals surface area contributed by atoms with Gasteiger partial charge in [0.05, 0.1) is 24.4 Å². The third kappa shape index (κ3) is 4.44. The number of nitrogens with one attached hydrogen (secondary N) is 1. The number of likely N-dealkylation sites (N-methyl/N-ethyl adjacent to an activating group) is 1. The second-order valence-electron chi connectivity index (χ2n) is 10.3. The number of aryl methyl sites for hydroxylation is 2. The minimum Gasteiger partial charge on any atom is -0.391 e. The Hall–Kier alpha value is -1.10. The topological polar surface area (TPSA) is 121 Å². The van der Waals surface area contributed by atoms with Crippen LogP contribution in [0.2, 0.25) is 0 Å². The van der Waals surface area contributed by atoms with Gasteiger partial charge in [-0.3, -0.25) is 0 Å². The molecule has 1 aromatic carbocycles. The molecule has 3 aliphatic rings. The van der Waals surface area contributed by atoms with Gasteiger partial charge < -0.3 is 40.0 Å². The second kappa shape index (κ2) is 10.1. The van der Waals surface area contributed by atoms with Crippen LogP contribution in [-0.2, 0) is 27.1 Å². The highest BCUT2D eigenvalue weighted by Gasteiger charge is 2.68. The van der Waals surface area contributed by atoms with Gasteiger partial charge in [-0.1, -0.05) is 38.1 Å². The smallest absolute Gasteiger partial charge is 0.248 e. The van der Waals surface area contributed by atoms with Crippen molar-refractivity contribution in [2.24, 2.45) is 5.92 Å². The Morgan fingerprint density at radius 1 is 1.00 bits per heavy atom. The number of rotatable bonds is 7. The molecule has 0 unspecified atom stereocenters. The molecule has 192 valence electrons. The van der Waals surface area contributed by atoms with Crippen LogP contribution in [0.25, 0.3) is 0 Å². The fourth-order valence-corrected chi connectivity index (χ4v) is 6.06. The summed E-state index contributed by atoms with van der Waals surface area (Å²) in [6.45, 7) is 5.85. The molecule has 4 rings (SSSR count). The molecular formula is C26H41NO7. The standard InChI is InChI=1S/C26H41NO7/c1-5-16-9-11-17(12-10-16)8-7-13-25(30)14-15(3)32-24-26(25,31)34-22-19(27-4)20(28)18(6-2)21(29)23(22)33-24/h9-12,15,18-24,27-31H,5-8,13-14H2,1-4H3/t15-,18-,19+,20+,21+,22-,23-,24+,25+,26-/m1/s1. The van der Waals surface area contributed by atoms with Crippen molar-refractivity contribution in [2.75, 3.05) is 7.05 Å². The van der Waals surface area contributed by atoms with Gasteiger partial charge in [-0.05, 0) is 57.2 Å². The van der Waals surface area contributed by atoms with Crippen molar-refractivity contribution in [3.05, 3.63) is 35.4 Å². The van der Waals surface area contributed by atoms with E-state index >= 15 is 0 Å². The van der Waals surface area contributed by atoms with E-state index in [4.69, 9.17) is 14.2 Å². The maximum absolute atomic E-state index is 11.8. The summed E-state index contributed by atoms with van der Waals surface area (Å²) in [7, 11) is 1.70. The van der Waals surface area contributed by atoms with Gasteiger partial charge in [0.1, 0.15) is 17.8 Å². The van der Waals surface area contributed by atoms with Gasteiger partial charge in [0, 0.05) is 12.3 Å². The van der Waals surface area contributed by atoms with Crippen LogP contribution in [0.5, 0.6) is 0 Å². The van der Waals surface area contributed by atoms with E-state index in [9.17, 15) is 20.4 Å². The fourth-order valence-electron chi connectivity index (χ4n) is 6.06. The van der Waals surface area contributed by atoms with Crippen LogP contribution in [-0.4, -0.2) is 81.7 Å². The summed E-state index contributed by atoms with van der Waals surface area (Å²) in [4.78, 5) is 0. The van der Waals surface area contributed by atoms with Crippen LogP contribution in [0.15, 0.2) is 24.3 Å². The van der Waals surface area contributed by atoms with E-state index in [1.807, 2.05) is 13.8 Å². The van der Waals surface area contributed by atoms with Crippen molar-refractivity contribution in [3.8, 4) is 0 Å². The summed E-state index contributed by atoms with van der Waals surface area (Å²) in [5.74, 6) is -2.53. The third-order valence-electron chi connectivity index (χ3n) is 8.12. The molecule has 8 heteroatoms. The molecule has 0 bridgehead atoms. The van der Waals surface area contributed by atoms with E-state index in [0.29, 0.717) is 12.8 Å². The van der Waals surface area contributed by atoms with Crippen LogP contribution >= 0.6 is 0 Å². The largest absolute Gasteiger partial charge is 0.391 e. The molecule has 3 fully saturated rings. The first kappa shape index (κ1) is 26.0. The maximum atomic E-state index is 11.8. The molecule has 2 heterocycles. The van der Waals surface area contributed by atoms with E-state index in [1.165, 1.54) is 11.1 Å². The SMILES string of the molecule is CCc1ccc(CCC[C@]2(O)C[C@@H](C)O[C@H]3O[C@@H]4[C@@H](O)[C@H](CC)[C@H](O)[C@H](NC)[C@H]4O[C@]32O)cc1. The highest BCUT2D eigenvalue weighted by atomic mass is 16.8. The molecule has 10 atom stereocenters. The zero-order chi connectivity index (χ0) is 24.7. The number of benzene rings is 1. The lowest BCUT2D eigenvalue weighted by atomic mass is 9.73. The van der Waals surface area contributed by atoms with Crippen LogP contribution in [0.1, 0.15) is 57.6 Å². The molecule has 1 saturated carbocycles. The molecule has 1 aliphatic carbocycles. The Labute approximate surface area is 202 Å². The molecule has 0 amide bonds. The van der Waals surface area contributed by atoms with Gasteiger partial charge in [0.15, 0.2) is 0 Å². The highest BCUT2D eigenvalue weighted by Crippen LogP contribution is 2.49. The lowest BCUT2D eigenvalue weighted by molar-refractivity contribution is -0.485. The quantitative estimate of drug-likeness (QED) is 0.396. The van der Waals surface area contributed by atoms with E-state index in [-0.39, 0.29) is 18.9 Å². The zero-order valence-electron chi connectivity index (χ0n) is 20.7. The molecule has 1 aromatic rings. The van der Waals surface area contributed by atoms with Crippen molar-refractivity contribution in [3.63, 3.8) is 0 Å².